The van der Waals surface area contributed by atoms with Gasteiger partial charge in [-0.25, -0.2) is 4.98 Å². The number of nitrogens with one attached hydrogen (secondary N) is 1. The predicted molar refractivity (Wildman–Crippen MR) is 84.5 cm³/mol. The van der Waals surface area contributed by atoms with E-state index in [0.717, 1.165) is 23.0 Å². The van der Waals surface area contributed by atoms with Gasteiger partial charge in [-0.2, -0.15) is 0 Å². The Bertz CT molecular complexity index is 459. The minimum Gasteiger partial charge on any atom is -0.389 e. The lowest BCUT2D eigenvalue weighted by Crippen LogP contribution is -2.27. The maximum Gasteiger partial charge on any atom is 0.127 e. The zero-order valence-corrected chi connectivity index (χ0v) is 12.6. The molecule has 3 nitrogen and oxygen atoms in total. The molecule has 1 aliphatic carbocycles. The van der Waals surface area contributed by atoms with E-state index in [1.54, 1.807) is 0 Å². The molecule has 2 unspecified atom stereocenters. The standard InChI is InChI=1S/C15H23N3S/c1-3-11-5-4-6-13(8-11)18-14-9-12(15(16)19)7-10(2)17-14/h7,9,11,13H,3-6,8H2,1-2H3,(H2,16,19)(H,17,18). The first kappa shape index (κ1) is 14.3. The fourth-order valence-corrected chi connectivity index (χ4v) is 3.00. The Hall–Kier alpha value is -1.16. The molecule has 0 bridgehead atoms. The number of pyridine rings is 1. The largest absolute Gasteiger partial charge is 0.389 e. The van der Waals surface area contributed by atoms with Crippen LogP contribution in [0.15, 0.2) is 12.1 Å². The summed E-state index contributed by atoms with van der Waals surface area (Å²) in [7, 11) is 0. The average molecular weight is 277 g/mol. The van der Waals surface area contributed by atoms with E-state index in [1.807, 2.05) is 19.1 Å². The third-order valence-corrected chi connectivity index (χ3v) is 4.19. The van der Waals surface area contributed by atoms with Crippen LogP contribution in [0.25, 0.3) is 0 Å². The summed E-state index contributed by atoms with van der Waals surface area (Å²) in [5, 5.41) is 3.55. The second-order valence-electron chi connectivity index (χ2n) is 5.53. The van der Waals surface area contributed by atoms with Crippen LogP contribution in [0.5, 0.6) is 0 Å². The summed E-state index contributed by atoms with van der Waals surface area (Å²) in [6.45, 7) is 4.26. The molecule has 0 aromatic carbocycles. The van der Waals surface area contributed by atoms with Gasteiger partial charge in [-0.15, -0.1) is 0 Å². The molecule has 1 heterocycles. The monoisotopic (exact) mass is 277 g/mol. The summed E-state index contributed by atoms with van der Waals surface area (Å²) >= 11 is 5.05. The molecule has 1 aliphatic rings. The van der Waals surface area contributed by atoms with Crippen molar-refractivity contribution in [3.8, 4) is 0 Å². The van der Waals surface area contributed by atoms with Crippen molar-refractivity contribution >= 4 is 23.0 Å². The molecule has 0 spiro atoms. The Morgan fingerprint density at radius 1 is 1.47 bits per heavy atom. The van der Waals surface area contributed by atoms with Gasteiger partial charge in [0.25, 0.3) is 0 Å². The van der Waals surface area contributed by atoms with Crippen molar-refractivity contribution < 1.29 is 0 Å². The Kier molecular flexibility index (Phi) is 4.75. The molecule has 3 N–H and O–H groups in total. The molecule has 2 atom stereocenters. The molecule has 0 aliphatic heterocycles. The predicted octanol–water partition coefficient (Wildman–Crippen LogP) is 3.40. The molecule has 0 radical (unpaired) electrons. The number of hydrogen-bond donors (Lipinski definition) is 2. The highest BCUT2D eigenvalue weighted by Gasteiger charge is 2.21. The Morgan fingerprint density at radius 3 is 2.95 bits per heavy atom. The van der Waals surface area contributed by atoms with E-state index >= 15 is 0 Å². The average Bonchev–Trinajstić information content (AvgIpc) is 2.38. The van der Waals surface area contributed by atoms with Crippen LogP contribution < -0.4 is 11.1 Å². The van der Waals surface area contributed by atoms with Crippen molar-refractivity contribution in [2.24, 2.45) is 11.7 Å². The normalized spacial score (nSPS) is 23.1. The minimum absolute atomic E-state index is 0.434. The van der Waals surface area contributed by atoms with Crippen LogP contribution >= 0.6 is 12.2 Å². The Balaban J connectivity index is 2.08. The Morgan fingerprint density at radius 2 is 2.26 bits per heavy atom. The molecular formula is C15H23N3S. The van der Waals surface area contributed by atoms with Gasteiger partial charge in [0.1, 0.15) is 10.8 Å². The van der Waals surface area contributed by atoms with E-state index in [9.17, 15) is 0 Å². The number of rotatable bonds is 4. The zero-order valence-electron chi connectivity index (χ0n) is 11.8. The topological polar surface area (TPSA) is 50.9 Å². The van der Waals surface area contributed by atoms with Gasteiger partial charge in [0.15, 0.2) is 0 Å². The smallest absolute Gasteiger partial charge is 0.127 e. The summed E-state index contributed by atoms with van der Waals surface area (Å²) in [4.78, 5) is 4.97. The molecule has 0 amide bonds. The van der Waals surface area contributed by atoms with Crippen molar-refractivity contribution in [1.29, 1.82) is 0 Å². The number of anilines is 1. The summed E-state index contributed by atoms with van der Waals surface area (Å²) < 4.78 is 0. The molecule has 4 heteroatoms. The lowest BCUT2D eigenvalue weighted by atomic mass is 9.84. The highest BCUT2D eigenvalue weighted by Crippen LogP contribution is 2.28. The van der Waals surface area contributed by atoms with E-state index in [0.29, 0.717) is 11.0 Å². The van der Waals surface area contributed by atoms with Crippen molar-refractivity contribution in [2.45, 2.75) is 52.0 Å². The fraction of sp³-hybridized carbons (Fsp3) is 0.600. The maximum absolute atomic E-state index is 5.70. The number of hydrogen-bond acceptors (Lipinski definition) is 3. The van der Waals surface area contributed by atoms with Crippen LogP contribution in [0, 0.1) is 12.8 Å². The highest BCUT2D eigenvalue weighted by molar-refractivity contribution is 7.80. The van der Waals surface area contributed by atoms with Crippen molar-refractivity contribution in [1.82, 2.24) is 4.98 Å². The van der Waals surface area contributed by atoms with Gasteiger partial charge < -0.3 is 11.1 Å². The molecule has 1 saturated carbocycles. The summed E-state index contributed by atoms with van der Waals surface area (Å²) in [6.07, 6.45) is 6.43. The second-order valence-corrected chi connectivity index (χ2v) is 5.97. The molecule has 104 valence electrons. The first-order chi connectivity index (χ1) is 9.08. The molecule has 1 fully saturated rings. The maximum atomic E-state index is 5.70. The Labute approximate surface area is 121 Å². The van der Waals surface area contributed by atoms with Crippen molar-refractivity contribution in [3.63, 3.8) is 0 Å². The van der Waals surface area contributed by atoms with Gasteiger partial charge in [-0.05, 0) is 37.8 Å². The third-order valence-electron chi connectivity index (χ3n) is 3.95. The summed E-state index contributed by atoms with van der Waals surface area (Å²) in [6, 6.07) is 4.43. The minimum atomic E-state index is 0.434. The van der Waals surface area contributed by atoms with E-state index in [1.165, 1.54) is 32.1 Å². The highest BCUT2D eigenvalue weighted by atomic mass is 32.1. The zero-order chi connectivity index (χ0) is 13.8. The van der Waals surface area contributed by atoms with E-state index < -0.39 is 0 Å². The van der Waals surface area contributed by atoms with E-state index in [-0.39, 0.29) is 0 Å². The van der Waals surface area contributed by atoms with Crippen molar-refractivity contribution in [2.75, 3.05) is 5.32 Å². The quantitative estimate of drug-likeness (QED) is 0.828. The van der Waals surface area contributed by atoms with Crippen LogP contribution in [0.2, 0.25) is 0 Å². The number of thiocarbonyl (C=S) groups is 1. The van der Waals surface area contributed by atoms with Gasteiger partial charge in [0.2, 0.25) is 0 Å². The number of aryl methyl sites for hydroxylation is 1. The van der Waals surface area contributed by atoms with Gasteiger partial charge in [-0.3, -0.25) is 0 Å². The van der Waals surface area contributed by atoms with E-state index in [4.69, 9.17) is 18.0 Å². The van der Waals surface area contributed by atoms with Gasteiger partial charge in [0.05, 0.1) is 0 Å². The molecule has 1 aromatic heterocycles. The van der Waals surface area contributed by atoms with Crippen LogP contribution in [-0.2, 0) is 0 Å². The number of aromatic nitrogens is 1. The van der Waals surface area contributed by atoms with E-state index in [2.05, 4.69) is 17.2 Å². The lowest BCUT2D eigenvalue weighted by Gasteiger charge is -2.29. The molecule has 2 rings (SSSR count). The molecule has 0 saturated heterocycles. The summed E-state index contributed by atoms with van der Waals surface area (Å²) in [5.41, 5.74) is 7.55. The summed E-state index contributed by atoms with van der Waals surface area (Å²) in [5.74, 6) is 1.76. The molecule has 1 aromatic rings. The van der Waals surface area contributed by atoms with Crippen LogP contribution in [0.3, 0.4) is 0 Å². The first-order valence-corrected chi connectivity index (χ1v) is 7.54. The molecular weight excluding hydrogens is 254 g/mol. The first-order valence-electron chi connectivity index (χ1n) is 7.13. The van der Waals surface area contributed by atoms with Crippen LogP contribution in [0.1, 0.15) is 50.3 Å². The number of nitrogens with zero attached hydrogens (tertiary/aromatic N) is 1. The van der Waals surface area contributed by atoms with Crippen molar-refractivity contribution in [3.05, 3.63) is 23.4 Å². The number of nitrogens with two attached hydrogens (primary N) is 1. The molecule has 19 heavy (non-hydrogen) atoms. The van der Waals surface area contributed by atoms with Crippen LogP contribution in [-0.4, -0.2) is 16.0 Å². The SMILES string of the molecule is CCC1CCCC(Nc2cc(C(N)=S)cc(C)n2)C1. The third kappa shape index (κ3) is 3.90. The fourth-order valence-electron chi connectivity index (χ4n) is 2.89. The lowest BCUT2D eigenvalue weighted by molar-refractivity contribution is 0.327. The second kappa shape index (κ2) is 6.33. The van der Waals surface area contributed by atoms with Crippen LogP contribution in [0.4, 0.5) is 5.82 Å². The van der Waals surface area contributed by atoms with Gasteiger partial charge in [-0.1, -0.05) is 38.4 Å². The van der Waals surface area contributed by atoms with Gasteiger partial charge >= 0.3 is 0 Å². The van der Waals surface area contributed by atoms with Gasteiger partial charge in [0, 0.05) is 17.3 Å².